The number of nitrogens with two attached hydrogens (primary N) is 1. The Morgan fingerprint density at radius 2 is 2.06 bits per heavy atom. The number of nitrogens with one attached hydrogen (secondary N) is 1. The van der Waals surface area contributed by atoms with E-state index in [0.29, 0.717) is 12.5 Å². The van der Waals surface area contributed by atoms with E-state index >= 15 is 0 Å². The van der Waals surface area contributed by atoms with Crippen LogP contribution >= 0.6 is 0 Å². The van der Waals surface area contributed by atoms with Gasteiger partial charge in [-0.1, -0.05) is 12.8 Å². The summed E-state index contributed by atoms with van der Waals surface area (Å²) < 4.78 is 0. The first kappa shape index (κ1) is 13.8. The van der Waals surface area contributed by atoms with Gasteiger partial charge in [-0.2, -0.15) is 0 Å². The average Bonchev–Trinajstić information content (AvgIpc) is 3.16. The number of hydrogen-bond donors (Lipinski definition) is 3. The second-order valence-electron chi connectivity index (χ2n) is 6.08. The molecule has 2 aliphatic rings. The van der Waals surface area contributed by atoms with E-state index in [0.717, 1.165) is 45.1 Å². The van der Waals surface area contributed by atoms with Gasteiger partial charge in [0.15, 0.2) is 0 Å². The largest absolute Gasteiger partial charge is 0.396 e. The van der Waals surface area contributed by atoms with Gasteiger partial charge in [-0.15, -0.1) is 0 Å². The molecule has 0 spiro atoms. The van der Waals surface area contributed by atoms with Gasteiger partial charge >= 0.3 is 0 Å². The van der Waals surface area contributed by atoms with E-state index in [2.05, 4.69) is 5.32 Å². The van der Waals surface area contributed by atoms with E-state index in [4.69, 9.17) is 10.8 Å². The molecule has 0 radical (unpaired) electrons. The third-order valence-electron chi connectivity index (χ3n) is 4.79. The summed E-state index contributed by atoms with van der Waals surface area (Å²) in [7, 11) is 0. The van der Waals surface area contributed by atoms with Gasteiger partial charge in [0.2, 0.25) is 5.91 Å². The average molecular weight is 254 g/mol. The van der Waals surface area contributed by atoms with Crippen LogP contribution in [0.1, 0.15) is 44.9 Å². The van der Waals surface area contributed by atoms with Gasteiger partial charge in [-0.25, -0.2) is 0 Å². The van der Waals surface area contributed by atoms with Crippen molar-refractivity contribution in [2.45, 2.75) is 44.9 Å². The first-order valence-electron chi connectivity index (χ1n) is 7.29. The Morgan fingerprint density at radius 1 is 1.33 bits per heavy atom. The van der Waals surface area contributed by atoms with Crippen LogP contribution in [0.15, 0.2) is 0 Å². The van der Waals surface area contributed by atoms with Crippen molar-refractivity contribution in [1.82, 2.24) is 5.32 Å². The standard InChI is InChI=1S/C14H26N2O2/c15-9-11-3-1-2-4-12(11)13(18)16-10-14(5-6-14)7-8-17/h11-12,17H,1-10,15H2,(H,16,18). The molecular weight excluding hydrogens is 228 g/mol. The Labute approximate surface area is 109 Å². The van der Waals surface area contributed by atoms with Gasteiger partial charge in [-0.3, -0.25) is 4.79 Å². The molecule has 2 rings (SSSR count). The Balaban J connectivity index is 1.80. The summed E-state index contributed by atoms with van der Waals surface area (Å²) in [6.45, 7) is 1.59. The maximum absolute atomic E-state index is 12.2. The second-order valence-corrected chi connectivity index (χ2v) is 6.08. The Morgan fingerprint density at radius 3 is 2.67 bits per heavy atom. The lowest BCUT2D eigenvalue weighted by atomic mass is 9.78. The van der Waals surface area contributed by atoms with Crippen LogP contribution in [-0.2, 0) is 4.79 Å². The zero-order valence-electron chi connectivity index (χ0n) is 11.2. The van der Waals surface area contributed by atoms with Crippen LogP contribution in [0, 0.1) is 17.3 Å². The molecule has 0 aromatic heterocycles. The molecule has 18 heavy (non-hydrogen) atoms. The summed E-state index contributed by atoms with van der Waals surface area (Å²) in [4.78, 5) is 12.2. The fourth-order valence-electron chi connectivity index (χ4n) is 3.17. The highest BCUT2D eigenvalue weighted by Crippen LogP contribution is 2.48. The zero-order valence-corrected chi connectivity index (χ0v) is 11.2. The van der Waals surface area contributed by atoms with Crippen molar-refractivity contribution in [1.29, 1.82) is 0 Å². The number of amides is 1. The normalized spacial score (nSPS) is 29.9. The molecule has 0 heterocycles. The topological polar surface area (TPSA) is 75.4 Å². The summed E-state index contributed by atoms with van der Waals surface area (Å²) in [5, 5.41) is 12.1. The first-order valence-corrected chi connectivity index (χ1v) is 7.29. The van der Waals surface area contributed by atoms with E-state index in [9.17, 15) is 4.79 Å². The summed E-state index contributed by atoms with van der Waals surface area (Å²) in [6.07, 6.45) is 7.53. The van der Waals surface area contributed by atoms with Crippen molar-refractivity contribution >= 4 is 5.91 Å². The molecule has 0 aromatic carbocycles. The Hall–Kier alpha value is -0.610. The van der Waals surface area contributed by atoms with Crippen molar-refractivity contribution in [2.24, 2.45) is 23.0 Å². The minimum Gasteiger partial charge on any atom is -0.396 e. The monoisotopic (exact) mass is 254 g/mol. The van der Waals surface area contributed by atoms with E-state index < -0.39 is 0 Å². The molecule has 2 saturated carbocycles. The second kappa shape index (κ2) is 6.02. The third kappa shape index (κ3) is 3.23. The SMILES string of the molecule is NCC1CCCCC1C(=O)NCC1(CCO)CC1. The van der Waals surface area contributed by atoms with Gasteiger partial charge in [0, 0.05) is 19.1 Å². The van der Waals surface area contributed by atoms with E-state index in [1.165, 1.54) is 6.42 Å². The maximum Gasteiger partial charge on any atom is 0.223 e. The Kier molecular flexibility index (Phi) is 4.62. The highest BCUT2D eigenvalue weighted by atomic mass is 16.3. The van der Waals surface area contributed by atoms with E-state index in [1.807, 2.05) is 0 Å². The summed E-state index contributed by atoms with van der Waals surface area (Å²) in [5.41, 5.74) is 5.97. The molecule has 0 bridgehead atoms. The van der Waals surface area contributed by atoms with Gasteiger partial charge in [0.05, 0.1) is 0 Å². The molecule has 2 unspecified atom stereocenters. The molecule has 0 aliphatic heterocycles. The number of rotatable bonds is 6. The summed E-state index contributed by atoms with van der Waals surface area (Å²) in [5.74, 6) is 0.676. The zero-order chi connectivity index (χ0) is 13.0. The number of hydrogen-bond acceptors (Lipinski definition) is 3. The van der Waals surface area contributed by atoms with Gasteiger partial charge in [-0.05, 0) is 50.0 Å². The first-order chi connectivity index (χ1) is 8.71. The van der Waals surface area contributed by atoms with Crippen molar-refractivity contribution in [3.05, 3.63) is 0 Å². The quantitative estimate of drug-likeness (QED) is 0.662. The molecule has 2 aliphatic carbocycles. The maximum atomic E-state index is 12.2. The van der Waals surface area contributed by atoms with Crippen LogP contribution in [-0.4, -0.2) is 30.7 Å². The smallest absolute Gasteiger partial charge is 0.223 e. The van der Waals surface area contributed by atoms with Crippen molar-refractivity contribution in [2.75, 3.05) is 19.7 Å². The molecule has 4 heteroatoms. The predicted molar refractivity (Wildman–Crippen MR) is 70.9 cm³/mol. The van der Waals surface area contributed by atoms with Crippen LogP contribution in [0.3, 0.4) is 0 Å². The van der Waals surface area contributed by atoms with Crippen molar-refractivity contribution in [3.8, 4) is 0 Å². The molecule has 4 nitrogen and oxygen atoms in total. The minimum absolute atomic E-state index is 0.119. The lowest BCUT2D eigenvalue weighted by Crippen LogP contribution is -2.41. The number of aliphatic hydroxyl groups is 1. The van der Waals surface area contributed by atoms with Crippen LogP contribution in [0.2, 0.25) is 0 Å². The highest BCUT2D eigenvalue weighted by Gasteiger charge is 2.42. The van der Waals surface area contributed by atoms with Crippen LogP contribution in [0.25, 0.3) is 0 Å². The highest BCUT2D eigenvalue weighted by molar-refractivity contribution is 5.79. The number of carbonyl (C=O) groups is 1. The summed E-state index contributed by atoms with van der Waals surface area (Å²) >= 11 is 0. The van der Waals surface area contributed by atoms with Gasteiger partial charge in [0.25, 0.3) is 0 Å². The molecule has 104 valence electrons. The van der Waals surface area contributed by atoms with Crippen molar-refractivity contribution in [3.63, 3.8) is 0 Å². The molecule has 1 amide bonds. The van der Waals surface area contributed by atoms with Gasteiger partial charge in [0.1, 0.15) is 0 Å². The molecule has 2 fully saturated rings. The molecular formula is C14H26N2O2. The predicted octanol–water partition coefficient (Wildman–Crippen LogP) is 1.03. The molecule has 4 N–H and O–H groups in total. The molecule has 2 atom stereocenters. The van der Waals surface area contributed by atoms with Gasteiger partial charge < -0.3 is 16.2 Å². The molecule has 0 aromatic rings. The van der Waals surface area contributed by atoms with E-state index in [1.54, 1.807) is 0 Å². The third-order valence-corrected chi connectivity index (χ3v) is 4.79. The Bertz CT molecular complexity index is 290. The fourth-order valence-corrected chi connectivity index (χ4v) is 3.17. The lowest BCUT2D eigenvalue weighted by Gasteiger charge is -2.30. The number of aliphatic hydroxyl groups excluding tert-OH is 1. The minimum atomic E-state index is 0.119. The van der Waals surface area contributed by atoms with E-state index in [-0.39, 0.29) is 23.8 Å². The molecule has 0 saturated heterocycles. The lowest BCUT2D eigenvalue weighted by molar-refractivity contribution is -0.128. The van der Waals surface area contributed by atoms with Crippen LogP contribution < -0.4 is 11.1 Å². The van der Waals surface area contributed by atoms with Crippen LogP contribution in [0.5, 0.6) is 0 Å². The summed E-state index contributed by atoms with van der Waals surface area (Å²) in [6, 6.07) is 0. The van der Waals surface area contributed by atoms with Crippen molar-refractivity contribution < 1.29 is 9.90 Å². The fraction of sp³-hybridized carbons (Fsp3) is 0.929. The van der Waals surface area contributed by atoms with Crippen LogP contribution in [0.4, 0.5) is 0 Å². The number of carbonyl (C=O) groups excluding carboxylic acids is 1.